The Bertz CT molecular complexity index is 208. The van der Waals surface area contributed by atoms with Crippen molar-refractivity contribution < 1.29 is 9.63 Å². The second-order valence-corrected chi connectivity index (χ2v) is 2.56. The largest absolute Gasteiger partial charge is 0.284 e. The molecule has 1 aromatic rings. The number of rotatable bonds is 2. The Kier molecular flexibility index (Phi) is 2.42. The number of amides is 1. The van der Waals surface area contributed by atoms with Crippen LogP contribution in [-0.2, 0) is 4.84 Å². The van der Waals surface area contributed by atoms with E-state index in [0.29, 0.717) is 4.88 Å². The molecule has 54 valence electrons. The van der Waals surface area contributed by atoms with Gasteiger partial charge in [-0.05, 0) is 11.4 Å². The van der Waals surface area contributed by atoms with Crippen LogP contribution in [0.5, 0.6) is 0 Å². The van der Waals surface area contributed by atoms with E-state index in [1.807, 2.05) is 11.4 Å². The van der Waals surface area contributed by atoms with Crippen LogP contribution >= 0.6 is 11.3 Å². The summed E-state index contributed by atoms with van der Waals surface area (Å²) in [5, 5.41) is 1.84. The van der Waals surface area contributed by atoms with E-state index in [4.69, 9.17) is 0 Å². The first-order valence-corrected chi connectivity index (χ1v) is 3.59. The van der Waals surface area contributed by atoms with Gasteiger partial charge in [0.1, 0.15) is 0 Å². The highest BCUT2D eigenvalue weighted by Gasteiger charge is 2.03. The van der Waals surface area contributed by atoms with E-state index in [9.17, 15) is 4.79 Å². The second-order valence-electron chi connectivity index (χ2n) is 1.61. The van der Waals surface area contributed by atoms with Crippen LogP contribution in [0.25, 0.3) is 0 Å². The number of hydrogen-bond donors (Lipinski definition) is 1. The molecule has 4 heteroatoms. The summed E-state index contributed by atoms with van der Waals surface area (Å²) in [5.74, 6) is -0.197. The first-order valence-electron chi connectivity index (χ1n) is 2.71. The Morgan fingerprint density at radius 2 is 2.60 bits per heavy atom. The lowest BCUT2D eigenvalue weighted by molar-refractivity contribution is 0.0542. The molecule has 1 amide bonds. The van der Waals surface area contributed by atoms with Crippen molar-refractivity contribution in [3.05, 3.63) is 22.4 Å². The molecule has 0 atom stereocenters. The van der Waals surface area contributed by atoms with E-state index in [0.717, 1.165) is 0 Å². The Hall–Kier alpha value is -0.870. The first kappa shape index (κ1) is 7.24. The van der Waals surface area contributed by atoms with Crippen molar-refractivity contribution in [2.75, 3.05) is 7.11 Å². The van der Waals surface area contributed by atoms with Crippen LogP contribution < -0.4 is 5.48 Å². The van der Waals surface area contributed by atoms with Gasteiger partial charge < -0.3 is 0 Å². The molecule has 1 N–H and O–H groups in total. The number of nitrogens with one attached hydrogen (secondary N) is 1. The van der Waals surface area contributed by atoms with E-state index in [1.165, 1.54) is 18.4 Å². The number of carbonyl (C=O) groups is 1. The van der Waals surface area contributed by atoms with Crippen LogP contribution in [0.2, 0.25) is 0 Å². The maximum Gasteiger partial charge on any atom is 0.284 e. The summed E-state index contributed by atoms with van der Waals surface area (Å²) in [6, 6.07) is 3.55. The molecule has 1 rings (SSSR count). The monoisotopic (exact) mass is 157 g/mol. The molecular formula is C6H7NO2S. The van der Waals surface area contributed by atoms with Crippen LogP contribution in [0.1, 0.15) is 9.67 Å². The van der Waals surface area contributed by atoms with Crippen molar-refractivity contribution in [1.29, 1.82) is 0 Å². The van der Waals surface area contributed by atoms with Crippen LogP contribution in [0, 0.1) is 0 Å². The SMILES string of the molecule is CONC(=O)c1cccs1. The zero-order valence-electron chi connectivity index (χ0n) is 5.46. The topological polar surface area (TPSA) is 38.3 Å². The summed E-state index contributed by atoms with van der Waals surface area (Å²) < 4.78 is 0. The molecule has 0 saturated heterocycles. The van der Waals surface area contributed by atoms with E-state index in [2.05, 4.69) is 10.3 Å². The number of thiophene rings is 1. The van der Waals surface area contributed by atoms with Crippen LogP contribution in [0.15, 0.2) is 17.5 Å². The highest BCUT2D eigenvalue weighted by molar-refractivity contribution is 7.12. The van der Waals surface area contributed by atoms with Gasteiger partial charge in [-0.15, -0.1) is 11.3 Å². The third-order valence-electron chi connectivity index (χ3n) is 0.940. The average molecular weight is 157 g/mol. The maximum absolute atomic E-state index is 10.9. The molecule has 0 aliphatic carbocycles. The third kappa shape index (κ3) is 1.55. The average Bonchev–Trinajstić information content (AvgIpc) is 2.38. The van der Waals surface area contributed by atoms with E-state index in [-0.39, 0.29) is 5.91 Å². The molecule has 10 heavy (non-hydrogen) atoms. The van der Waals surface area contributed by atoms with Gasteiger partial charge in [-0.1, -0.05) is 6.07 Å². The van der Waals surface area contributed by atoms with Gasteiger partial charge in [-0.3, -0.25) is 9.63 Å². The van der Waals surface area contributed by atoms with Crippen LogP contribution in [-0.4, -0.2) is 13.0 Å². The Labute approximate surface area is 62.6 Å². The molecule has 0 aliphatic rings. The van der Waals surface area contributed by atoms with Crippen molar-refractivity contribution in [3.8, 4) is 0 Å². The summed E-state index contributed by atoms with van der Waals surface area (Å²) in [4.78, 5) is 16.0. The minimum atomic E-state index is -0.197. The molecule has 0 fully saturated rings. The number of hydroxylamine groups is 1. The predicted molar refractivity (Wildman–Crippen MR) is 38.8 cm³/mol. The fourth-order valence-corrected chi connectivity index (χ4v) is 1.16. The van der Waals surface area contributed by atoms with Crippen molar-refractivity contribution in [1.82, 2.24) is 5.48 Å². The van der Waals surface area contributed by atoms with Gasteiger partial charge in [0.25, 0.3) is 5.91 Å². The molecule has 1 aromatic heterocycles. The first-order chi connectivity index (χ1) is 4.84. The third-order valence-corrected chi connectivity index (χ3v) is 1.81. The summed E-state index contributed by atoms with van der Waals surface area (Å²) in [6.45, 7) is 0. The lowest BCUT2D eigenvalue weighted by Gasteiger charge is -1.96. The van der Waals surface area contributed by atoms with Gasteiger partial charge in [-0.2, -0.15) is 0 Å². The van der Waals surface area contributed by atoms with Gasteiger partial charge in [0.2, 0.25) is 0 Å². The Morgan fingerprint density at radius 1 is 1.80 bits per heavy atom. The zero-order chi connectivity index (χ0) is 7.40. The Balaban J connectivity index is 2.59. The van der Waals surface area contributed by atoms with Crippen molar-refractivity contribution in [3.63, 3.8) is 0 Å². The van der Waals surface area contributed by atoms with Gasteiger partial charge >= 0.3 is 0 Å². The van der Waals surface area contributed by atoms with Gasteiger partial charge in [0.15, 0.2) is 0 Å². The van der Waals surface area contributed by atoms with Crippen molar-refractivity contribution >= 4 is 17.2 Å². The zero-order valence-corrected chi connectivity index (χ0v) is 6.27. The fourth-order valence-electron chi connectivity index (χ4n) is 0.551. The smallest absolute Gasteiger partial charge is 0.277 e. The number of carbonyl (C=O) groups excluding carboxylic acids is 1. The van der Waals surface area contributed by atoms with Gasteiger partial charge in [0.05, 0.1) is 12.0 Å². The lowest BCUT2D eigenvalue weighted by atomic mass is 10.5. The molecule has 0 aromatic carbocycles. The lowest BCUT2D eigenvalue weighted by Crippen LogP contribution is -2.20. The normalized spacial score (nSPS) is 9.30. The van der Waals surface area contributed by atoms with E-state index < -0.39 is 0 Å². The van der Waals surface area contributed by atoms with Crippen molar-refractivity contribution in [2.45, 2.75) is 0 Å². The number of hydrogen-bond acceptors (Lipinski definition) is 3. The van der Waals surface area contributed by atoms with Gasteiger partial charge in [0, 0.05) is 0 Å². The minimum Gasteiger partial charge on any atom is -0.277 e. The van der Waals surface area contributed by atoms with E-state index in [1.54, 1.807) is 6.07 Å². The molecule has 0 radical (unpaired) electrons. The maximum atomic E-state index is 10.9. The standard InChI is InChI=1S/C6H7NO2S/c1-9-7-6(8)5-3-2-4-10-5/h2-4H,1H3,(H,7,8). The minimum absolute atomic E-state index is 0.197. The summed E-state index contributed by atoms with van der Waals surface area (Å²) in [5.41, 5.74) is 2.22. The van der Waals surface area contributed by atoms with Crippen LogP contribution in [0.4, 0.5) is 0 Å². The molecule has 0 unspecified atom stereocenters. The predicted octanol–water partition coefficient (Wildman–Crippen LogP) is 1.04. The highest BCUT2D eigenvalue weighted by atomic mass is 32.1. The quantitative estimate of drug-likeness (QED) is 0.651. The molecule has 1 heterocycles. The summed E-state index contributed by atoms with van der Waals surface area (Å²) in [7, 11) is 1.41. The molecule has 0 bridgehead atoms. The highest BCUT2D eigenvalue weighted by Crippen LogP contribution is 2.07. The summed E-state index contributed by atoms with van der Waals surface area (Å²) in [6.07, 6.45) is 0. The second kappa shape index (κ2) is 3.34. The molecular weight excluding hydrogens is 150 g/mol. The Morgan fingerprint density at radius 3 is 3.10 bits per heavy atom. The molecule has 0 aliphatic heterocycles. The van der Waals surface area contributed by atoms with Crippen LogP contribution in [0.3, 0.4) is 0 Å². The fraction of sp³-hybridized carbons (Fsp3) is 0.167. The van der Waals surface area contributed by atoms with Gasteiger partial charge in [-0.25, -0.2) is 5.48 Å². The van der Waals surface area contributed by atoms with E-state index >= 15 is 0 Å². The molecule has 3 nitrogen and oxygen atoms in total. The molecule has 0 spiro atoms. The van der Waals surface area contributed by atoms with Crippen molar-refractivity contribution in [2.24, 2.45) is 0 Å². The summed E-state index contributed by atoms with van der Waals surface area (Å²) >= 11 is 1.38. The molecule has 0 saturated carbocycles.